The molecule has 0 aliphatic rings. The molecule has 0 saturated heterocycles. The molecular weight excluding hydrogens is 338 g/mol. The molecule has 2 rings (SSSR count). The van der Waals surface area contributed by atoms with Crippen LogP contribution in [0.25, 0.3) is 0 Å². The van der Waals surface area contributed by atoms with E-state index in [9.17, 15) is 14.9 Å². The maximum Gasteiger partial charge on any atom is 0.285 e. The number of benzene rings is 1. The first kappa shape index (κ1) is 15.4. The van der Waals surface area contributed by atoms with Crippen LogP contribution in [0.2, 0.25) is 0 Å². The van der Waals surface area contributed by atoms with E-state index in [0.717, 1.165) is 21.5 Å². The number of quaternary nitrogens is 1. The molecule has 1 N–H and O–H groups in total. The molecule has 1 unspecified atom stereocenters. The van der Waals surface area contributed by atoms with Crippen molar-refractivity contribution in [2.45, 2.75) is 13.2 Å². The van der Waals surface area contributed by atoms with Crippen molar-refractivity contribution in [2.24, 2.45) is 0 Å². The number of nitro groups is 1. The van der Waals surface area contributed by atoms with Crippen LogP contribution in [-0.2, 0) is 13.2 Å². The van der Waals surface area contributed by atoms with Crippen molar-refractivity contribution in [1.82, 2.24) is 4.57 Å². The van der Waals surface area contributed by atoms with E-state index in [4.69, 9.17) is 0 Å². The molecule has 7 heteroatoms. The number of aromatic nitrogens is 1. The van der Waals surface area contributed by atoms with E-state index in [0.29, 0.717) is 6.67 Å². The SMILES string of the molecule is C[NH+](Cc1ccc(Br)cc1)Cn1cc([N+](=O)[O-])ccc1=O. The van der Waals surface area contributed by atoms with Gasteiger partial charge in [0.05, 0.1) is 18.2 Å². The molecule has 1 aromatic carbocycles. The summed E-state index contributed by atoms with van der Waals surface area (Å²) in [4.78, 5) is 23.1. The third kappa shape index (κ3) is 4.24. The predicted octanol–water partition coefficient (Wildman–Crippen LogP) is 1.19. The van der Waals surface area contributed by atoms with Gasteiger partial charge in [-0.05, 0) is 12.1 Å². The van der Waals surface area contributed by atoms with Crippen LogP contribution in [0.4, 0.5) is 5.69 Å². The van der Waals surface area contributed by atoms with Crippen LogP contribution < -0.4 is 10.5 Å². The highest BCUT2D eigenvalue weighted by Gasteiger charge is 2.11. The molecule has 21 heavy (non-hydrogen) atoms. The van der Waals surface area contributed by atoms with Gasteiger partial charge < -0.3 is 4.90 Å². The molecule has 0 saturated carbocycles. The van der Waals surface area contributed by atoms with Crippen LogP contribution in [0.5, 0.6) is 0 Å². The van der Waals surface area contributed by atoms with E-state index in [2.05, 4.69) is 15.9 Å². The molecule has 0 spiro atoms. The highest BCUT2D eigenvalue weighted by atomic mass is 79.9. The van der Waals surface area contributed by atoms with Gasteiger partial charge in [0, 0.05) is 22.2 Å². The van der Waals surface area contributed by atoms with E-state index in [1.165, 1.54) is 22.9 Å². The summed E-state index contributed by atoms with van der Waals surface area (Å²) in [5, 5.41) is 10.8. The lowest BCUT2D eigenvalue weighted by atomic mass is 10.2. The van der Waals surface area contributed by atoms with Crippen molar-refractivity contribution in [2.75, 3.05) is 7.05 Å². The fraction of sp³-hybridized carbons (Fsp3) is 0.214. The van der Waals surface area contributed by atoms with Gasteiger partial charge in [0.25, 0.3) is 11.2 Å². The summed E-state index contributed by atoms with van der Waals surface area (Å²) >= 11 is 3.38. The second-order valence-electron chi connectivity index (χ2n) is 4.87. The standard InChI is InChI=1S/C14H14BrN3O3/c1-16(8-11-2-4-12(15)5-3-11)10-17-9-13(18(20)21)6-7-14(17)19/h2-7,9H,8,10H2,1H3/p+1. The first-order valence-electron chi connectivity index (χ1n) is 6.36. The summed E-state index contributed by atoms with van der Waals surface area (Å²) in [6.45, 7) is 1.10. The third-order valence-corrected chi connectivity index (χ3v) is 3.57. The summed E-state index contributed by atoms with van der Waals surface area (Å²) in [6.07, 6.45) is 1.29. The van der Waals surface area contributed by atoms with E-state index in [1.807, 2.05) is 31.3 Å². The molecular formula is C14H15BrN3O3+. The lowest BCUT2D eigenvalue weighted by molar-refractivity contribution is -0.917. The quantitative estimate of drug-likeness (QED) is 0.649. The van der Waals surface area contributed by atoms with Crippen molar-refractivity contribution in [3.05, 3.63) is 73.1 Å². The molecule has 2 aromatic rings. The van der Waals surface area contributed by atoms with Gasteiger partial charge in [-0.15, -0.1) is 0 Å². The maximum atomic E-state index is 11.7. The van der Waals surface area contributed by atoms with Crippen LogP contribution >= 0.6 is 15.9 Å². The van der Waals surface area contributed by atoms with Crippen LogP contribution in [0.15, 0.2) is 51.9 Å². The Morgan fingerprint density at radius 3 is 2.52 bits per heavy atom. The normalized spacial score (nSPS) is 12.1. The lowest BCUT2D eigenvalue weighted by Gasteiger charge is -2.15. The van der Waals surface area contributed by atoms with Crippen LogP contribution in [0.3, 0.4) is 0 Å². The van der Waals surface area contributed by atoms with Gasteiger partial charge in [-0.3, -0.25) is 19.5 Å². The van der Waals surface area contributed by atoms with E-state index in [1.54, 1.807) is 0 Å². The molecule has 1 heterocycles. The average Bonchev–Trinajstić information content (AvgIpc) is 2.43. The monoisotopic (exact) mass is 352 g/mol. The fourth-order valence-electron chi connectivity index (χ4n) is 2.05. The van der Waals surface area contributed by atoms with Crippen molar-refractivity contribution < 1.29 is 9.82 Å². The summed E-state index contributed by atoms with van der Waals surface area (Å²) in [5.41, 5.74) is 0.816. The third-order valence-electron chi connectivity index (χ3n) is 3.04. The zero-order valence-electron chi connectivity index (χ0n) is 11.5. The van der Waals surface area contributed by atoms with Gasteiger partial charge in [0.15, 0.2) is 6.67 Å². The fourth-order valence-corrected chi connectivity index (χ4v) is 2.31. The first-order chi connectivity index (χ1) is 9.95. The molecule has 0 bridgehead atoms. The zero-order chi connectivity index (χ0) is 15.4. The van der Waals surface area contributed by atoms with Crippen LogP contribution in [-0.4, -0.2) is 16.5 Å². The number of pyridine rings is 1. The molecule has 1 aromatic heterocycles. The Kier molecular flexibility index (Phi) is 4.87. The minimum atomic E-state index is -0.500. The number of nitrogens with zero attached hydrogens (tertiary/aromatic N) is 2. The van der Waals surface area contributed by atoms with Crippen molar-refractivity contribution >= 4 is 21.6 Å². The summed E-state index contributed by atoms with van der Waals surface area (Å²) < 4.78 is 2.38. The highest BCUT2D eigenvalue weighted by Crippen LogP contribution is 2.09. The molecule has 0 aliphatic heterocycles. The molecule has 0 fully saturated rings. The number of rotatable bonds is 5. The van der Waals surface area contributed by atoms with Gasteiger partial charge in [-0.25, -0.2) is 0 Å². The summed E-state index contributed by atoms with van der Waals surface area (Å²) in [6, 6.07) is 10.4. The van der Waals surface area contributed by atoms with Gasteiger partial charge in [-0.2, -0.15) is 0 Å². The van der Waals surface area contributed by atoms with Gasteiger partial charge in [0.1, 0.15) is 6.54 Å². The second-order valence-corrected chi connectivity index (χ2v) is 5.79. The van der Waals surface area contributed by atoms with Crippen LogP contribution in [0, 0.1) is 10.1 Å². The average molecular weight is 353 g/mol. The van der Waals surface area contributed by atoms with E-state index >= 15 is 0 Å². The number of hydrogen-bond donors (Lipinski definition) is 1. The van der Waals surface area contributed by atoms with E-state index < -0.39 is 4.92 Å². The Hall–Kier alpha value is -1.99. The van der Waals surface area contributed by atoms with Gasteiger partial charge in [0.2, 0.25) is 0 Å². The van der Waals surface area contributed by atoms with Gasteiger partial charge in [-0.1, -0.05) is 28.1 Å². The number of halogens is 1. The highest BCUT2D eigenvalue weighted by molar-refractivity contribution is 9.10. The molecule has 0 aliphatic carbocycles. The smallest absolute Gasteiger partial charge is 0.285 e. The van der Waals surface area contributed by atoms with Crippen molar-refractivity contribution in [3.63, 3.8) is 0 Å². The molecule has 6 nitrogen and oxygen atoms in total. The molecule has 0 radical (unpaired) electrons. The van der Waals surface area contributed by atoms with Crippen molar-refractivity contribution in [1.29, 1.82) is 0 Å². The summed E-state index contributed by atoms with van der Waals surface area (Å²) in [7, 11) is 1.94. The van der Waals surface area contributed by atoms with E-state index in [-0.39, 0.29) is 11.2 Å². The Balaban J connectivity index is 2.10. The Labute approximate surface area is 129 Å². The first-order valence-corrected chi connectivity index (χ1v) is 7.15. The maximum absolute atomic E-state index is 11.7. The Morgan fingerprint density at radius 2 is 1.90 bits per heavy atom. The number of hydrogen-bond acceptors (Lipinski definition) is 3. The summed E-state index contributed by atoms with van der Waals surface area (Å²) in [5.74, 6) is 0. The predicted molar refractivity (Wildman–Crippen MR) is 82.1 cm³/mol. The zero-order valence-corrected chi connectivity index (χ0v) is 13.0. The lowest BCUT2D eigenvalue weighted by Crippen LogP contribution is -3.07. The Morgan fingerprint density at radius 1 is 1.24 bits per heavy atom. The Bertz CT molecular complexity index is 697. The second kappa shape index (κ2) is 6.64. The van der Waals surface area contributed by atoms with Crippen molar-refractivity contribution in [3.8, 4) is 0 Å². The number of nitrogens with one attached hydrogen (secondary N) is 1. The minimum Gasteiger partial charge on any atom is -0.316 e. The largest absolute Gasteiger partial charge is 0.316 e. The molecule has 0 amide bonds. The molecule has 110 valence electrons. The van der Waals surface area contributed by atoms with Gasteiger partial charge >= 0.3 is 0 Å². The molecule has 1 atom stereocenters. The minimum absolute atomic E-state index is 0.0777. The van der Waals surface area contributed by atoms with Crippen LogP contribution in [0.1, 0.15) is 5.56 Å². The topological polar surface area (TPSA) is 69.6 Å².